The highest BCUT2D eigenvalue weighted by Gasteiger charge is 2.52. The van der Waals surface area contributed by atoms with E-state index in [0.717, 1.165) is 95.1 Å². The van der Waals surface area contributed by atoms with Crippen LogP contribution in [0, 0.1) is 29.1 Å². The Bertz CT molecular complexity index is 2300. The third-order valence-corrected chi connectivity index (χ3v) is 15.4. The normalized spacial score (nSPS) is 28.5. The number of rotatable bonds is 7. The van der Waals surface area contributed by atoms with Gasteiger partial charge in [-0.2, -0.15) is 0 Å². The molecule has 1 unspecified atom stereocenters. The second kappa shape index (κ2) is 15.9. The number of nitrogens with zero attached hydrogens (tertiary/aromatic N) is 5. The lowest BCUT2D eigenvalue weighted by molar-refractivity contribution is -0.171. The van der Waals surface area contributed by atoms with Crippen LogP contribution in [-0.4, -0.2) is 102 Å². The average molecular weight is 836 g/mol. The van der Waals surface area contributed by atoms with Gasteiger partial charge in [0, 0.05) is 85.0 Å². The molecule has 6 aliphatic rings. The van der Waals surface area contributed by atoms with E-state index < -0.39 is 17.5 Å². The summed E-state index contributed by atoms with van der Waals surface area (Å²) in [6.07, 6.45) is 4.23. The van der Waals surface area contributed by atoms with Crippen molar-refractivity contribution in [2.24, 2.45) is 29.1 Å². The molecule has 1 aromatic carbocycles. The van der Waals surface area contributed by atoms with E-state index in [1.54, 1.807) is 23.5 Å². The molecule has 10 rings (SSSR count). The maximum atomic E-state index is 14.5. The minimum atomic E-state index is -0.766. The van der Waals surface area contributed by atoms with Gasteiger partial charge in [-0.1, -0.05) is 33.8 Å². The van der Waals surface area contributed by atoms with Crippen molar-refractivity contribution >= 4 is 45.7 Å². The number of esters is 1. The molecule has 2 amide bonds. The first-order chi connectivity index (χ1) is 28.7. The number of thiophene rings is 1. The van der Waals surface area contributed by atoms with E-state index in [-0.39, 0.29) is 60.2 Å². The van der Waals surface area contributed by atoms with Gasteiger partial charge in [0.15, 0.2) is 0 Å². The number of nitrogens with one attached hydrogen (secondary N) is 2. The molecule has 3 aromatic heterocycles. The van der Waals surface area contributed by atoms with Crippen molar-refractivity contribution in [3.05, 3.63) is 58.0 Å². The Hall–Kier alpha value is -4.30. The number of cyclic esters (lactones) is 1. The summed E-state index contributed by atoms with van der Waals surface area (Å²) in [5.74, 6) is -0.0513. The van der Waals surface area contributed by atoms with Crippen LogP contribution in [0.15, 0.2) is 41.9 Å². The summed E-state index contributed by atoms with van der Waals surface area (Å²) in [4.78, 5) is 53.1. The molecule has 2 N–H and O–H groups in total. The molecular weight excluding hydrogens is 775 g/mol. The number of hydrogen-bond donors (Lipinski definition) is 2. The largest absolute Gasteiger partial charge is 0.464 e. The number of amides is 2. The van der Waals surface area contributed by atoms with Crippen molar-refractivity contribution in [2.45, 2.75) is 98.0 Å². The number of benzene rings is 1. The van der Waals surface area contributed by atoms with E-state index in [1.807, 2.05) is 6.20 Å². The Kier molecular flexibility index (Phi) is 10.9. The lowest BCUT2D eigenvalue weighted by atomic mass is 9.73. The number of fused-ring (bicyclic) bond motifs is 4. The molecule has 8 bridgehead atoms. The van der Waals surface area contributed by atoms with Gasteiger partial charge < -0.3 is 29.2 Å². The number of hydrogen-bond acceptors (Lipinski definition) is 10. The molecule has 4 aromatic rings. The van der Waals surface area contributed by atoms with Gasteiger partial charge >= 0.3 is 5.97 Å². The van der Waals surface area contributed by atoms with Gasteiger partial charge in [-0.25, -0.2) is 5.43 Å². The molecule has 13 heteroatoms. The van der Waals surface area contributed by atoms with Gasteiger partial charge in [-0.3, -0.25) is 24.4 Å². The van der Waals surface area contributed by atoms with Crippen LogP contribution >= 0.6 is 11.3 Å². The van der Waals surface area contributed by atoms with Crippen LogP contribution in [0.2, 0.25) is 0 Å². The Morgan fingerprint density at radius 1 is 1.08 bits per heavy atom. The van der Waals surface area contributed by atoms with E-state index in [9.17, 15) is 14.4 Å². The summed E-state index contributed by atoms with van der Waals surface area (Å²) in [7, 11) is 3.91. The average Bonchev–Trinajstić information content (AvgIpc) is 3.50. The van der Waals surface area contributed by atoms with Gasteiger partial charge in [-0.15, -0.1) is 11.3 Å². The lowest BCUT2D eigenvalue weighted by Gasteiger charge is -2.53. The molecule has 12 nitrogen and oxygen atoms in total. The molecule has 2 saturated carbocycles. The van der Waals surface area contributed by atoms with E-state index in [1.165, 1.54) is 5.56 Å². The first kappa shape index (κ1) is 41.1. The summed E-state index contributed by atoms with van der Waals surface area (Å²) in [5.41, 5.74) is 11.5. The summed E-state index contributed by atoms with van der Waals surface area (Å²) in [6, 6.07) is 9.81. The number of methoxy groups -OCH3 is 1. The number of anilines is 1. The quantitative estimate of drug-likeness (QED) is 0.202. The fourth-order valence-electron chi connectivity index (χ4n) is 10.2. The van der Waals surface area contributed by atoms with Crippen LogP contribution in [0.25, 0.3) is 33.3 Å². The van der Waals surface area contributed by atoms with Crippen molar-refractivity contribution in [1.29, 1.82) is 0 Å². The number of carbonyl (C=O) groups excluding carboxylic acids is 3. The highest BCUT2D eigenvalue weighted by Crippen LogP contribution is 2.46. The van der Waals surface area contributed by atoms with Crippen molar-refractivity contribution < 1.29 is 23.9 Å². The molecule has 7 heterocycles. The van der Waals surface area contributed by atoms with E-state index >= 15 is 0 Å². The monoisotopic (exact) mass is 835 g/mol. The Labute approximate surface area is 357 Å². The second-order valence-electron chi connectivity index (χ2n) is 19.1. The number of ether oxygens (including phenoxy) is 2. The van der Waals surface area contributed by atoms with Crippen molar-refractivity contribution in [3.63, 3.8) is 0 Å². The summed E-state index contributed by atoms with van der Waals surface area (Å²) < 4.78 is 14.7. The molecule has 320 valence electrons. The van der Waals surface area contributed by atoms with Crippen LogP contribution < -0.4 is 15.6 Å². The molecule has 4 aliphatic heterocycles. The topological polar surface area (TPSA) is 121 Å². The first-order valence-corrected chi connectivity index (χ1v) is 22.9. The number of piperazine rings is 1. The van der Waals surface area contributed by atoms with Crippen LogP contribution in [0.4, 0.5) is 5.69 Å². The molecule has 0 radical (unpaired) electrons. The Morgan fingerprint density at radius 2 is 1.83 bits per heavy atom. The molecule has 60 heavy (non-hydrogen) atoms. The molecule has 3 saturated heterocycles. The highest BCUT2D eigenvalue weighted by molar-refractivity contribution is 7.10. The van der Waals surface area contributed by atoms with E-state index in [4.69, 9.17) is 14.5 Å². The van der Waals surface area contributed by atoms with E-state index in [2.05, 4.69) is 109 Å². The third kappa shape index (κ3) is 7.43. The van der Waals surface area contributed by atoms with E-state index in [0.29, 0.717) is 12.8 Å². The van der Waals surface area contributed by atoms with Crippen molar-refractivity contribution in [3.8, 4) is 22.4 Å². The maximum absolute atomic E-state index is 14.5. The first-order valence-electron chi connectivity index (χ1n) is 22.0. The van der Waals surface area contributed by atoms with Crippen molar-refractivity contribution in [2.75, 3.05) is 51.8 Å². The van der Waals surface area contributed by atoms with Gasteiger partial charge in [0.25, 0.3) is 5.91 Å². The lowest BCUT2D eigenvalue weighted by Crippen LogP contribution is -2.71. The number of pyridine rings is 1. The minimum absolute atomic E-state index is 0.0215. The number of aryl methyl sites for hydroxylation is 1. The number of hydrazine groups is 1. The molecular formula is C47H61N7O5S. The summed E-state index contributed by atoms with van der Waals surface area (Å²) in [6.45, 7) is 17.6. The number of aromatic nitrogens is 2. The summed E-state index contributed by atoms with van der Waals surface area (Å²) >= 11 is 1.62. The predicted molar refractivity (Wildman–Crippen MR) is 235 cm³/mol. The highest BCUT2D eigenvalue weighted by atomic mass is 32.1. The van der Waals surface area contributed by atoms with Crippen LogP contribution in [0.5, 0.6) is 0 Å². The fourth-order valence-corrected chi connectivity index (χ4v) is 11.2. The van der Waals surface area contributed by atoms with Gasteiger partial charge in [0.2, 0.25) is 5.91 Å². The second-order valence-corrected chi connectivity index (χ2v) is 20.1. The molecule has 0 spiro atoms. The number of carbonyl (C=O) groups is 3. The Morgan fingerprint density at radius 3 is 2.53 bits per heavy atom. The standard InChI is InChI=1S/C47H61N7O5S/c1-9-53-39-11-10-29-19-35(39)37(43(53)36-20-33(23-48-41(36)28(4)58-8)52-14-12-51(7)13-15-52)22-47(5,6)25-59-46(57)42-30-16-32(17-30)54(50-42)45(56)38(21-34-18-31(29)24-60-34)49-44(55)40-26(2)27(40)3/h10-11,18-20,23-24,26-28,30,32,38,40,42,50H,9,12-17,21-22,25H2,1-8H3,(H,49,55)/t26-,27+,28-,30?,32?,38-,40?,42+/m0/s1. The molecule has 2 aliphatic carbocycles. The Balaban J connectivity index is 1.17. The smallest absolute Gasteiger partial charge is 0.325 e. The van der Waals surface area contributed by atoms with Gasteiger partial charge in [0.1, 0.15) is 12.1 Å². The third-order valence-electron chi connectivity index (χ3n) is 14.4. The number of likely N-dealkylation sites (N-methyl/N-ethyl adjacent to an activating group) is 1. The maximum Gasteiger partial charge on any atom is 0.325 e. The van der Waals surface area contributed by atoms with Gasteiger partial charge in [-0.05, 0) is 104 Å². The van der Waals surface area contributed by atoms with Gasteiger partial charge in [0.05, 0.1) is 36.0 Å². The zero-order valence-corrected chi connectivity index (χ0v) is 37.2. The molecule has 6 atom stereocenters. The zero-order chi connectivity index (χ0) is 42.2. The molecule has 5 fully saturated rings. The van der Waals surface area contributed by atoms with Crippen LogP contribution in [0.1, 0.15) is 76.6 Å². The van der Waals surface area contributed by atoms with Crippen LogP contribution in [-0.2, 0) is 43.2 Å². The predicted octanol–water partition coefficient (Wildman–Crippen LogP) is 6.46. The fraction of sp³-hybridized carbons (Fsp3) is 0.574. The summed E-state index contributed by atoms with van der Waals surface area (Å²) in [5, 5.41) is 8.12. The van der Waals surface area contributed by atoms with Crippen molar-refractivity contribution in [1.82, 2.24) is 30.2 Å². The SMILES string of the molecule is CCn1c(-c2cc(N3CCN(C)CC3)cnc2[C@H](C)OC)c2c3cc(ccc31)-c1csc(c1)C[C@H](NC(=O)C1[C@@H](C)[C@H]1C)C(=O)N1N[C@@H](C(=O)OCC(C)(C)C2)C2CC1C2. The zero-order valence-electron chi connectivity index (χ0n) is 36.4. The van der Waals surface area contributed by atoms with Crippen LogP contribution in [0.3, 0.4) is 0 Å². The minimum Gasteiger partial charge on any atom is -0.464 e.